The van der Waals surface area contributed by atoms with Gasteiger partial charge in [-0.25, -0.2) is 9.97 Å². The number of hydrogen-bond acceptors (Lipinski definition) is 5. The monoisotopic (exact) mass is 342 g/mol. The van der Waals surface area contributed by atoms with Gasteiger partial charge in [-0.3, -0.25) is 4.79 Å². The molecule has 1 heterocycles. The van der Waals surface area contributed by atoms with Gasteiger partial charge in [0.1, 0.15) is 11.4 Å². The van der Waals surface area contributed by atoms with Crippen LogP contribution < -0.4 is 15.4 Å². The van der Waals surface area contributed by atoms with Gasteiger partial charge in [-0.15, -0.1) is 0 Å². The van der Waals surface area contributed by atoms with Gasteiger partial charge in [0.25, 0.3) is 5.91 Å². The van der Waals surface area contributed by atoms with Crippen LogP contribution in [-0.4, -0.2) is 35.1 Å². The highest BCUT2D eigenvalue weighted by atomic mass is 16.5. The average molecular weight is 342 g/mol. The van der Waals surface area contributed by atoms with Crippen molar-refractivity contribution in [3.05, 3.63) is 47.3 Å². The van der Waals surface area contributed by atoms with Crippen LogP contribution in [0, 0.1) is 6.92 Å². The Hall–Kier alpha value is -2.63. The Kier molecular flexibility index (Phi) is 5.96. The zero-order valence-electron chi connectivity index (χ0n) is 15.5. The van der Waals surface area contributed by atoms with E-state index < -0.39 is 0 Å². The van der Waals surface area contributed by atoms with E-state index in [1.54, 1.807) is 13.2 Å². The van der Waals surface area contributed by atoms with Crippen LogP contribution in [0.5, 0.6) is 5.75 Å². The summed E-state index contributed by atoms with van der Waals surface area (Å²) in [5.74, 6) is 1.09. The molecule has 1 amide bonds. The summed E-state index contributed by atoms with van der Waals surface area (Å²) in [6.07, 6.45) is 0.743. The molecule has 6 heteroatoms. The smallest absolute Gasteiger partial charge is 0.270 e. The first-order chi connectivity index (χ1) is 11.8. The van der Waals surface area contributed by atoms with E-state index in [1.165, 1.54) is 0 Å². The quantitative estimate of drug-likeness (QED) is 0.844. The first-order valence-corrected chi connectivity index (χ1v) is 8.32. The van der Waals surface area contributed by atoms with Crippen molar-refractivity contribution in [3.63, 3.8) is 0 Å². The predicted octanol–water partition coefficient (Wildman–Crippen LogP) is 2.98. The van der Waals surface area contributed by atoms with Gasteiger partial charge >= 0.3 is 0 Å². The van der Waals surface area contributed by atoms with Gasteiger partial charge in [0.2, 0.25) is 5.95 Å². The molecule has 6 nitrogen and oxygen atoms in total. The highest BCUT2D eigenvalue weighted by Crippen LogP contribution is 2.13. The van der Waals surface area contributed by atoms with E-state index in [-0.39, 0.29) is 11.4 Å². The van der Waals surface area contributed by atoms with Crippen LogP contribution in [0.25, 0.3) is 0 Å². The van der Waals surface area contributed by atoms with Crippen molar-refractivity contribution in [2.75, 3.05) is 19.0 Å². The van der Waals surface area contributed by atoms with Crippen LogP contribution in [-0.2, 0) is 6.42 Å². The number of hydrogen-bond donors (Lipinski definition) is 2. The number of aromatic nitrogens is 2. The molecule has 1 aromatic heterocycles. The number of aryl methyl sites for hydroxylation is 1. The Morgan fingerprint density at radius 3 is 2.44 bits per heavy atom. The molecule has 0 saturated heterocycles. The Morgan fingerprint density at radius 2 is 1.84 bits per heavy atom. The number of carbonyl (C=O) groups excluding carboxylic acids is 1. The van der Waals surface area contributed by atoms with Gasteiger partial charge < -0.3 is 15.4 Å². The molecule has 2 N–H and O–H groups in total. The van der Waals surface area contributed by atoms with Crippen molar-refractivity contribution in [1.29, 1.82) is 0 Å². The summed E-state index contributed by atoms with van der Waals surface area (Å²) >= 11 is 0. The van der Waals surface area contributed by atoms with Crippen molar-refractivity contribution in [1.82, 2.24) is 15.3 Å². The maximum Gasteiger partial charge on any atom is 0.270 e. The third-order valence-electron chi connectivity index (χ3n) is 3.43. The fraction of sp³-hybridized carbons (Fsp3) is 0.421. The number of ether oxygens (including phenoxy) is 1. The molecular weight excluding hydrogens is 316 g/mol. The molecule has 0 spiro atoms. The first-order valence-electron chi connectivity index (χ1n) is 8.32. The van der Waals surface area contributed by atoms with Gasteiger partial charge in [-0.2, -0.15) is 0 Å². The van der Waals surface area contributed by atoms with E-state index in [9.17, 15) is 4.79 Å². The number of rotatable bonds is 6. The second kappa shape index (κ2) is 7.96. The van der Waals surface area contributed by atoms with Crippen molar-refractivity contribution >= 4 is 11.9 Å². The van der Waals surface area contributed by atoms with Crippen LogP contribution in [0.2, 0.25) is 0 Å². The van der Waals surface area contributed by atoms with Crippen molar-refractivity contribution in [3.8, 4) is 5.75 Å². The van der Waals surface area contributed by atoms with E-state index in [4.69, 9.17) is 4.74 Å². The van der Waals surface area contributed by atoms with Crippen LogP contribution in [0.1, 0.15) is 42.5 Å². The molecule has 0 radical (unpaired) electrons. The van der Waals surface area contributed by atoms with Crippen LogP contribution in [0.4, 0.5) is 5.95 Å². The lowest BCUT2D eigenvalue weighted by molar-refractivity contribution is 0.0949. The maximum absolute atomic E-state index is 12.4. The van der Waals surface area contributed by atoms with Crippen LogP contribution in [0.3, 0.4) is 0 Å². The second-order valence-electron chi connectivity index (χ2n) is 6.95. The molecular formula is C19H26N4O2. The van der Waals surface area contributed by atoms with E-state index in [1.807, 2.05) is 52.0 Å². The normalized spacial score (nSPS) is 11.1. The Labute approximate surface area is 149 Å². The molecule has 0 saturated carbocycles. The van der Waals surface area contributed by atoms with Crippen molar-refractivity contribution in [2.24, 2.45) is 0 Å². The molecule has 0 aliphatic rings. The molecule has 2 aromatic rings. The lowest BCUT2D eigenvalue weighted by Crippen LogP contribution is -2.30. The zero-order chi connectivity index (χ0) is 18.4. The predicted molar refractivity (Wildman–Crippen MR) is 99.2 cm³/mol. The minimum Gasteiger partial charge on any atom is -0.497 e. The van der Waals surface area contributed by atoms with E-state index >= 15 is 0 Å². The number of anilines is 1. The van der Waals surface area contributed by atoms with Crippen LogP contribution >= 0.6 is 0 Å². The number of carbonyl (C=O) groups is 1. The average Bonchev–Trinajstić information content (AvgIpc) is 2.53. The molecule has 0 aliphatic carbocycles. The highest BCUT2D eigenvalue weighted by Gasteiger charge is 2.15. The maximum atomic E-state index is 12.4. The van der Waals surface area contributed by atoms with Gasteiger partial charge in [-0.05, 0) is 57.9 Å². The fourth-order valence-electron chi connectivity index (χ4n) is 2.28. The summed E-state index contributed by atoms with van der Waals surface area (Å²) < 4.78 is 5.14. The number of nitrogens with one attached hydrogen (secondary N) is 2. The zero-order valence-corrected chi connectivity index (χ0v) is 15.5. The molecule has 25 heavy (non-hydrogen) atoms. The summed E-state index contributed by atoms with van der Waals surface area (Å²) in [7, 11) is 1.64. The van der Waals surface area contributed by atoms with Gasteiger partial charge in [0, 0.05) is 17.8 Å². The minimum atomic E-state index is -0.198. The van der Waals surface area contributed by atoms with Crippen LogP contribution in [0.15, 0.2) is 30.3 Å². The SMILES string of the molecule is COc1ccc(CCNC(=O)c2cc(C)nc(NC(C)(C)C)n2)cc1. The molecule has 0 bridgehead atoms. The van der Waals surface area contributed by atoms with E-state index in [0.29, 0.717) is 18.2 Å². The second-order valence-corrected chi connectivity index (χ2v) is 6.95. The third kappa shape index (κ3) is 6.06. The van der Waals surface area contributed by atoms with Gasteiger partial charge in [-0.1, -0.05) is 12.1 Å². The van der Waals surface area contributed by atoms with E-state index in [0.717, 1.165) is 23.4 Å². The molecule has 2 rings (SSSR count). The summed E-state index contributed by atoms with van der Waals surface area (Å²) in [6, 6.07) is 9.50. The van der Waals surface area contributed by atoms with E-state index in [2.05, 4.69) is 20.6 Å². The molecule has 1 aromatic carbocycles. The highest BCUT2D eigenvalue weighted by molar-refractivity contribution is 5.92. The number of amides is 1. The Balaban J connectivity index is 1.95. The van der Waals surface area contributed by atoms with Crippen molar-refractivity contribution < 1.29 is 9.53 Å². The molecule has 0 aliphatic heterocycles. The van der Waals surface area contributed by atoms with Gasteiger partial charge in [0.15, 0.2) is 0 Å². The number of methoxy groups -OCH3 is 1. The standard InChI is InChI=1S/C19H26N4O2/c1-13-12-16(22-18(21-13)23-19(2,3)4)17(24)20-11-10-14-6-8-15(25-5)9-7-14/h6-9,12H,10-11H2,1-5H3,(H,20,24)(H,21,22,23). The fourth-order valence-corrected chi connectivity index (χ4v) is 2.28. The summed E-state index contributed by atoms with van der Waals surface area (Å²) in [5.41, 5.74) is 2.08. The summed E-state index contributed by atoms with van der Waals surface area (Å²) in [4.78, 5) is 21.0. The van der Waals surface area contributed by atoms with Crippen molar-refractivity contribution in [2.45, 2.75) is 39.7 Å². The Morgan fingerprint density at radius 1 is 1.16 bits per heavy atom. The number of benzene rings is 1. The number of nitrogens with zero attached hydrogens (tertiary/aromatic N) is 2. The summed E-state index contributed by atoms with van der Waals surface area (Å²) in [6.45, 7) is 8.45. The topological polar surface area (TPSA) is 76.1 Å². The third-order valence-corrected chi connectivity index (χ3v) is 3.43. The van der Waals surface area contributed by atoms with Gasteiger partial charge in [0.05, 0.1) is 7.11 Å². The molecule has 134 valence electrons. The Bertz CT molecular complexity index is 721. The minimum absolute atomic E-state index is 0.171. The molecule has 0 fully saturated rings. The largest absolute Gasteiger partial charge is 0.497 e. The lowest BCUT2D eigenvalue weighted by atomic mass is 10.1. The summed E-state index contributed by atoms with van der Waals surface area (Å²) in [5, 5.41) is 6.10. The molecule has 0 unspecified atom stereocenters. The lowest BCUT2D eigenvalue weighted by Gasteiger charge is -2.20. The first kappa shape index (κ1) is 18.7. The molecule has 0 atom stereocenters.